The number of nitrogens with zero attached hydrogens (tertiary/aromatic N) is 1. The van der Waals surface area contributed by atoms with Crippen molar-refractivity contribution in [1.29, 1.82) is 0 Å². The van der Waals surface area contributed by atoms with Crippen molar-refractivity contribution in [1.82, 2.24) is 4.98 Å². The Kier molecular flexibility index (Phi) is 5.05. The monoisotopic (exact) mass is 348 g/mol. The zero-order valence-electron chi connectivity index (χ0n) is 11.3. The minimum atomic E-state index is -0.582. The predicted octanol–water partition coefficient (Wildman–Crippen LogP) is 2.95. The summed E-state index contributed by atoms with van der Waals surface area (Å²) in [6, 6.07) is 8.74. The zero-order valence-corrected chi connectivity index (χ0v) is 12.9. The maximum atomic E-state index is 11.8. The molecule has 1 aromatic heterocycles. The molecule has 1 amide bonds. The number of rotatable bonds is 4. The smallest absolute Gasteiger partial charge is 0.340 e. The van der Waals surface area contributed by atoms with Crippen molar-refractivity contribution >= 4 is 33.5 Å². The molecule has 21 heavy (non-hydrogen) atoms. The molecule has 1 heterocycles. The van der Waals surface area contributed by atoms with Gasteiger partial charge in [0.25, 0.3) is 5.91 Å². The van der Waals surface area contributed by atoms with Crippen LogP contribution in [0.25, 0.3) is 0 Å². The summed E-state index contributed by atoms with van der Waals surface area (Å²) in [5.74, 6) is -0.988. The molecule has 0 saturated heterocycles. The van der Waals surface area contributed by atoms with Gasteiger partial charge in [0, 0.05) is 16.9 Å². The van der Waals surface area contributed by atoms with Gasteiger partial charge >= 0.3 is 5.97 Å². The molecule has 108 valence electrons. The number of anilines is 1. The molecule has 0 aliphatic carbocycles. The molecule has 0 atom stereocenters. The Balaban J connectivity index is 1.89. The Morgan fingerprint density at radius 3 is 2.81 bits per heavy atom. The third-order valence-corrected chi connectivity index (χ3v) is 3.29. The van der Waals surface area contributed by atoms with Crippen molar-refractivity contribution < 1.29 is 14.3 Å². The van der Waals surface area contributed by atoms with Gasteiger partial charge in [-0.15, -0.1) is 0 Å². The van der Waals surface area contributed by atoms with Gasteiger partial charge < -0.3 is 10.1 Å². The first-order valence-corrected chi connectivity index (χ1v) is 6.99. The number of ether oxygens (including phenoxy) is 1. The van der Waals surface area contributed by atoms with Crippen LogP contribution in [0.1, 0.15) is 15.9 Å². The van der Waals surface area contributed by atoms with Crippen LogP contribution < -0.4 is 5.32 Å². The Hall–Kier alpha value is -2.21. The average Bonchev–Trinajstić information content (AvgIpc) is 2.48. The maximum Gasteiger partial charge on any atom is 0.340 e. The van der Waals surface area contributed by atoms with Crippen molar-refractivity contribution in [2.75, 3.05) is 11.9 Å². The lowest BCUT2D eigenvalue weighted by Crippen LogP contribution is -2.21. The summed E-state index contributed by atoms with van der Waals surface area (Å²) in [7, 11) is 0. The summed E-state index contributed by atoms with van der Waals surface area (Å²) in [6.07, 6.45) is 2.94. The molecule has 0 radical (unpaired) electrons. The first-order valence-electron chi connectivity index (χ1n) is 6.19. The Labute approximate surface area is 130 Å². The third kappa shape index (κ3) is 4.39. The normalized spacial score (nSPS) is 10.0. The molecular weight excluding hydrogens is 336 g/mol. The fourth-order valence-corrected chi connectivity index (χ4v) is 2.20. The number of hydrogen-bond acceptors (Lipinski definition) is 4. The summed E-state index contributed by atoms with van der Waals surface area (Å²) in [6.45, 7) is 1.60. The highest BCUT2D eigenvalue weighted by atomic mass is 79.9. The van der Waals surface area contributed by atoms with Gasteiger partial charge in [-0.3, -0.25) is 9.78 Å². The van der Waals surface area contributed by atoms with Crippen molar-refractivity contribution in [3.63, 3.8) is 0 Å². The molecule has 2 rings (SSSR count). The first kappa shape index (κ1) is 15.2. The van der Waals surface area contributed by atoms with E-state index in [0.717, 1.165) is 10.0 Å². The van der Waals surface area contributed by atoms with Crippen LogP contribution >= 0.6 is 15.9 Å². The van der Waals surface area contributed by atoms with Crippen LogP contribution in [0.15, 0.2) is 47.2 Å². The van der Waals surface area contributed by atoms with Gasteiger partial charge in [-0.05, 0) is 52.7 Å². The van der Waals surface area contributed by atoms with Gasteiger partial charge in [0.15, 0.2) is 6.61 Å². The zero-order chi connectivity index (χ0) is 15.2. The molecule has 0 aliphatic heterocycles. The number of benzene rings is 1. The molecule has 1 N–H and O–H groups in total. The number of carbonyl (C=O) groups excluding carboxylic acids is 2. The Bertz CT molecular complexity index is 659. The van der Waals surface area contributed by atoms with E-state index in [1.165, 1.54) is 6.20 Å². The number of aromatic nitrogens is 1. The second-order valence-corrected chi connectivity index (χ2v) is 5.20. The SMILES string of the molecule is Cc1ccc(NC(=O)COC(=O)c2cccnc2)c(Br)c1. The molecule has 1 aromatic carbocycles. The van der Waals surface area contributed by atoms with Crippen LogP contribution in [0.4, 0.5) is 5.69 Å². The van der Waals surface area contributed by atoms with Gasteiger partial charge in [-0.2, -0.15) is 0 Å². The minimum absolute atomic E-state index is 0.307. The van der Waals surface area contributed by atoms with E-state index in [4.69, 9.17) is 4.74 Å². The van der Waals surface area contributed by atoms with Gasteiger partial charge in [-0.1, -0.05) is 6.07 Å². The largest absolute Gasteiger partial charge is 0.452 e. The molecule has 6 heteroatoms. The second kappa shape index (κ2) is 6.99. The highest BCUT2D eigenvalue weighted by molar-refractivity contribution is 9.10. The van der Waals surface area contributed by atoms with Crippen molar-refractivity contribution in [3.05, 3.63) is 58.3 Å². The standard InChI is InChI=1S/C15H13BrN2O3/c1-10-4-5-13(12(16)7-10)18-14(19)9-21-15(20)11-3-2-6-17-8-11/h2-8H,9H2,1H3,(H,18,19). The number of halogens is 1. The lowest BCUT2D eigenvalue weighted by atomic mass is 10.2. The molecule has 0 fully saturated rings. The molecular formula is C15H13BrN2O3. The minimum Gasteiger partial charge on any atom is -0.452 e. The lowest BCUT2D eigenvalue weighted by Gasteiger charge is -2.08. The molecule has 0 spiro atoms. The topological polar surface area (TPSA) is 68.3 Å². The Morgan fingerprint density at radius 2 is 2.14 bits per heavy atom. The molecule has 2 aromatic rings. The van der Waals surface area contributed by atoms with E-state index in [1.807, 2.05) is 19.1 Å². The Morgan fingerprint density at radius 1 is 1.33 bits per heavy atom. The quantitative estimate of drug-likeness (QED) is 0.862. The number of pyridine rings is 1. The van der Waals surface area contributed by atoms with Crippen LogP contribution in [0.5, 0.6) is 0 Å². The number of aryl methyl sites for hydroxylation is 1. The van der Waals surface area contributed by atoms with E-state index < -0.39 is 11.9 Å². The molecule has 0 aliphatic rings. The van der Waals surface area contributed by atoms with Crippen molar-refractivity contribution in [2.45, 2.75) is 6.92 Å². The third-order valence-electron chi connectivity index (χ3n) is 2.63. The summed E-state index contributed by atoms with van der Waals surface area (Å²) >= 11 is 3.36. The fraction of sp³-hybridized carbons (Fsp3) is 0.133. The van der Waals surface area contributed by atoms with E-state index in [-0.39, 0.29) is 6.61 Å². The van der Waals surface area contributed by atoms with Gasteiger partial charge in [0.1, 0.15) is 0 Å². The number of carbonyl (C=O) groups is 2. The van der Waals surface area contributed by atoms with Crippen LogP contribution in [-0.2, 0) is 9.53 Å². The molecule has 5 nitrogen and oxygen atoms in total. The maximum absolute atomic E-state index is 11.8. The predicted molar refractivity (Wildman–Crippen MR) is 82.0 cm³/mol. The summed E-state index contributed by atoms with van der Waals surface area (Å²) in [5.41, 5.74) is 2.01. The first-order chi connectivity index (χ1) is 10.1. The summed E-state index contributed by atoms with van der Waals surface area (Å²) in [4.78, 5) is 27.2. The number of hydrogen-bond donors (Lipinski definition) is 1. The molecule has 0 unspecified atom stereocenters. The molecule has 0 bridgehead atoms. The van der Waals surface area contributed by atoms with Crippen LogP contribution in [0.3, 0.4) is 0 Å². The highest BCUT2D eigenvalue weighted by Gasteiger charge is 2.11. The van der Waals surface area contributed by atoms with E-state index in [1.54, 1.807) is 24.4 Å². The van der Waals surface area contributed by atoms with E-state index >= 15 is 0 Å². The van der Waals surface area contributed by atoms with E-state index in [2.05, 4.69) is 26.2 Å². The van der Waals surface area contributed by atoms with Crippen LogP contribution in [-0.4, -0.2) is 23.5 Å². The van der Waals surface area contributed by atoms with Crippen molar-refractivity contribution in [3.8, 4) is 0 Å². The van der Waals surface area contributed by atoms with Gasteiger partial charge in [0.2, 0.25) is 0 Å². The molecule has 0 saturated carbocycles. The number of nitrogens with one attached hydrogen (secondary N) is 1. The average molecular weight is 349 g/mol. The highest BCUT2D eigenvalue weighted by Crippen LogP contribution is 2.23. The van der Waals surface area contributed by atoms with Gasteiger partial charge in [0.05, 0.1) is 11.3 Å². The van der Waals surface area contributed by atoms with Crippen LogP contribution in [0.2, 0.25) is 0 Å². The van der Waals surface area contributed by atoms with Crippen LogP contribution in [0, 0.1) is 6.92 Å². The lowest BCUT2D eigenvalue weighted by molar-refractivity contribution is -0.119. The summed E-state index contributed by atoms with van der Waals surface area (Å²) in [5, 5.41) is 2.67. The van der Waals surface area contributed by atoms with Crippen molar-refractivity contribution in [2.24, 2.45) is 0 Å². The summed E-state index contributed by atoms with van der Waals surface area (Å²) < 4.78 is 5.69. The number of amides is 1. The van der Waals surface area contributed by atoms with E-state index in [0.29, 0.717) is 11.3 Å². The van der Waals surface area contributed by atoms with E-state index in [9.17, 15) is 9.59 Å². The van der Waals surface area contributed by atoms with Gasteiger partial charge in [-0.25, -0.2) is 4.79 Å². The fourth-order valence-electron chi connectivity index (χ4n) is 1.61. The second-order valence-electron chi connectivity index (χ2n) is 4.35. The number of esters is 1.